The topological polar surface area (TPSA) is 192 Å². The molecule has 0 fully saturated rings. The number of carboxylic acid groups (broad SMARTS) is 3. The van der Waals surface area contributed by atoms with Gasteiger partial charge < -0.3 is 31.3 Å². The average Bonchev–Trinajstić information content (AvgIpc) is 2.83. The lowest BCUT2D eigenvalue weighted by Crippen LogP contribution is -2.42. The molecule has 1 aromatic heterocycles. The predicted molar refractivity (Wildman–Crippen MR) is 161 cm³/mol. The Bertz CT molecular complexity index is 870. The minimum absolute atomic E-state index is 0.0156. The second-order valence-corrected chi connectivity index (χ2v) is 12.6. The summed E-state index contributed by atoms with van der Waals surface area (Å²) in [6.07, 6.45) is 4.86. The van der Waals surface area contributed by atoms with Gasteiger partial charge in [-0.25, -0.2) is 0 Å². The molecule has 0 saturated carbocycles. The van der Waals surface area contributed by atoms with Crippen LogP contribution in [-0.4, -0.2) is 81.6 Å². The quantitative estimate of drug-likeness (QED) is 0.108. The van der Waals surface area contributed by atoms with Crippen LogP contribution >= 0.6 is 35.3 Å². The molecule has 0 bridgehead atoms. The molecular formula is C24H42N6O6S3. The first-order valence-electron chi connectivity index (χ1n) is 13.2. The molecule has 1 aromatic rings. The van der Waals surface area contributed by atoms with E-state index in [0.29, 0.717) is 23.2 Å². The van der Waals surface area contributed by atoms with Gasteiger partial charge in [-0.05, 0) is 19.3 Å². The molecule has 0 aliphatic heterocycles. The van der Waals surface area contributed by atoms with E-state index in [2.05, 4.69) is 15.3 Å². The molecule has 1 rings (SSSR count). The van der Waals surface area contributed by atoms with Gasteiger partial charge >= 0.3 is 17.9 Å². The number of rotatable bonds is 23. The maximum Gasteiger partial charge on any atom is 0.304 e. The number of anilines is 3. The first kappa shape index (κ1) is 34.9. The maximum absolute atomic E-state index is 11.2. The summed E-state index contributed by atoms with van der Waals surface area (Å²) in [6, 6.07) is 0. The van der Waals surface area contributed by atoms with Gasteiger partial charge in [-0.2, -0.15) is 15.0 Å². The highest BCUT2D eigenvalue weighted by atomic mass is 32.2. The lowest BCUT2D eigenvalue weighted by molar-refractivity contribution is -0.137. The molecule has 39 heavy (non-hydrogen) atoms. The molecule has 12 nitrogen and oxygen atoms in total. The van der Waals surface area contributed by atoms with Crippen LogP contribution in [0.1, 0.15) is 78.6 Å². The minimum Gasteiger partial charge on any atom is -0.481 e. The SMILES string of the molecule is CCCC(Nc1nc(N)nc(N(C(CCC)SCCC(=O)O)C(CCC)SCCC(=O)O)n1)SCCC(=O)O. The van der Waals surface area contributed by atoms with Gasteiger partial charge in [0, 0.05) is 17.3 Å². The number of nitrogens with two attached hydrogens (primary N) is 1. The average molecular weight is 607 g/mol. The Kier molecular flexibility index (Phi) is 17.8. The van der Waals surface area contributed by atoms with Gasteiger partial charge in [-0.15, -0.1) is 35.3 Å². The van der Waals surface area contributed by atoms with Gasteiger partial charge in [0.2, 0.25) is 17.8 Å². The van der Waals surface area contributed by atoms with Crippen molar-refractivity contribution in [3.63, 3.8) is 0 Å². The van der Waals surface area contributed by atoms with Gasteiger partial charge in [-0.1, -0.05) is 40.0 Å². The van der Waals surface area contributed by atoms with Crippen molar-refractivity contribution in [3.8, 4) is 0 Å². The van der Waals surface area contributed by atoms with E-state index < -0.39 is 17.9 Å². The van der Waals surface area contributed by atoms with Crippen LogP contribution in [0.5, 0.6) is 0 Å². The van der Waals surface area contributed by atoms with E-state index in [0.717, 1.165) is 38.5 Å². The van der Waals surface area contributed by atoms with Gasteiger partial charge in [-0.3, -0.25) is 14.4 Å². The number of nitrogens with one attached hydrogen (secondary N) is 1. The Balaban J connectivity index is 3.40. The number of hydrogen-bond acceptors (Lipinski definition) is 12. The number of carbonyl (C=O) groups is 3. The highest BCUT2D eigenvalue weighted by molar-refractivity contribution is 8.01. The fraction of sp³-hybridized carbons (Fsp3) is 0.750. The van der Waals surface area contributed by atoms with E-state index in [1.54, 1.807) is 0 Å². The van der Waals surface area contributed by atoms with E-state index >= 15 is 0 Å². The van der Waals surface area contributed by atoms with Crippen LogP contribution in [0.15, 0.2) is 0 Å². The molecule has 6 N–H and O–H groups in total. The Hall–Kier alpha value is -2.13. The van der Waals surface area contributed by atoms with Crippen LogP contribution in [0.3, 0.4) is 0 Å². The normalized spacial score (nSPS) is 13.4. The third-order valence-corrected chi connectivity index (χ3v) is 9.06. The molecule has 0 radical (unpaired) electrons. The number of aliphatic carboxylic acids is 3. The monoisotopic (exact) mass is 606 g/mol. The highest BCUT2D eigenvalue weighted by Crippen LogP contribution is 2.34. The molecule has 15 heteroatoms. The fourth-order valence-corrected chi connectivity index (χ4v) is 7.54. The maximum atomic E-state index is 11.2. The summed E-state index contributed by atoms with van der Waals surface area (Å²) in [5, 5.41) is 30.2. The molecule has 0 spiro atoms. The minimum atomic E-state index is -0.872. The summed E-state index contributed by atoms with van der Waals surface area (Å²) in [6.45, 7) is 6.14. The third-order valence-electron chi connectivity index (χ3n) is 5.29. The van der Waals surface area contributed by atoms with Crippen molar-refractivity contribution in [1.82, 2.24) is 15.0 Å². The number of thioether (sulfide) groups is 3. The molecule has 222 valence electrons. The Morgan fingerprint density at radius 2 is 1.23 bits per heavy atom. The Morgan fingerprint density at radius 3 is 1.67 bits per heavy atom. The molecule has 0 aliphatic rings. The van der Waals surface area contributed by atoms with Crippen molar-refractivity contribution in [2.24, 2.45) is 0 Å². The van der Waals surface area contributed by atoms with E-state index in [-0.39, 0.29) is 47.3 Å². The predicted octanol–water partition coefficient (Wildman–Crippen LogP) is 4.67. The van der Waals surface area contributed by atoms with Gasteiger partial charge in [0.1, 0.15) is 0 Å². The Morgan fingerprint density at radius 1 is 0.769 bits per heavy atom. The summed E-state index contributed by atoms with van der Waals surface area (Å²) in [7, 11) is 0. The van der Waals surface area contributed by atoms with E-state index in [9.17, 15) is 24.6 Å². The largest absolute Gasteiger partial charge is 0.481 e. The zero-order valence-electron chi connectivity index (χ0n) is 22.9. The van der Waals surface area contributed by atoms with Crippen molar-refractivity contribution in [2.75, 3.05) is 33.2 Å². The summed E-state index contributed by atoms with van der Waals surface area (Å²) in [5.41, 5.74) is 6.13. The smallest absolute Gasteiger partial charge is 0.304 e. The van der Waals surface area contributed by atoms with Crippen LogP contribution in [0.4, 0.5) is 17.8 Å². The van der Waals surface area contributed by atoms with Crippen LogP contribution in [0.2, 0.25) is 0 Å². The van der Waals surface area contributed by atoms with Crippen molar-refractivity contribution in [3.05, 3.63) is 0 Å². The van der Waals surface area contributed by atoms with Crippen LogP contribution in [0, 0.1) is 0 Å². The molecule has 0 aromatic carbocycles. The number of aromatic nitrogens is 3. The van der Waals surface area contributed by atoms with Gasteiger partial charge in [0.25, 0.3) is 0 Å². The number of nitrogen functional groups attached to an aromatic ring is 1. The molecule has 0 amide bonds. The lowest BCUT2D eigenvalue weighted by Gasteiger charge is -2.38. The molecular weight excluding hydrogens is 565 g/mol. The standard InChI is InChI=1S/C24H42N6O6S3/c1-4-7-16(37-13-10-19(31)32)26-23-27-22(25)28-24(29-23)30(17(8-5-2)38-14-11-20(33)34)18(9-6-3)39-15-12-21(35)36/h16-18H,4-15H2,1-3H3,(H,31,32)(H,33,34)(H,35,36)(H3,25,26,27,28,29). The zero-order chi connectivity index (χ0) is 29.2. The summed E-state index contributed by atoms with van der Waals surface area (Å²) >= 11 is 4.51. The number of carboxylic acids is 3. The summed E-state index contributed by atoms with van der Waals surface area (Å²) < 4.78 is 0. The van der Waals surface area contributed by atoms with Crippen LogP contribution in [-0.2, 0) is 14.4 Å². The second-order valence-electron chi connectivity index (χ2n) is 8.68. The highest BCUT2D eigenvalue weighted by Gasteiger charge is 2.30. The van der Waals surface area contributed by atoms with E-state index in [4.69, 9.17) is 15.8 Å². The molecule has 1 heterocycles. The second kappa shape index (κ2) is 19.9. The first-order chi connectivity index (χ1) is 18.6. The molecule has 0 aliphatic carbocycles. The summed E-state index contributed by atoms with van der Waals surface area (Å²) in [4.78, 5) is 48.9. The van der Waals surface area contributed by atoms with Crippen molar-refractivity contribution in [2.45, 2.75) is 94.7 Å². The zero-order valence-corrected chi connectivity index (χ0v) is 25.3. The van der Waals surface area contributed by atoms with Crippen LogP contribution in [0.25, 0.3) is 0 Å². The lowest BCUT2D eigenvalue weighted by atomic mass is 10.2. The third kappa shape index (κ3) is 14.7. The molecule has 3 atom stereocenters. The summed E-state index contributed by atoms with van der Waals surface area (Å²) in [5.74, 6) is -0.714. The van der Waals surface area contributed by atoms with E-state index in [1.165, 1.54) is 35.3 Å². The number of hydrogen-bond donors (Lipinski definition) is 5. The Labute approximate surface area is 243 Å². The van der Waals surface area contributed by atoms with Gasteiger partial charge in [0.15, 0.2) is 0 Å². The van der Waals surface area contributed by atoms with Crippen molar-refractivity contribution in [1.29, 1.82) is 0 Å². The van der Waals surface area contributed by atoms with Crippen LogP contribution < -0.4 is 16.0 Å². The van der Waals surface area contributed by atoms with Crippen molar-refractivity contribution >= 4 is 71.0 Å². The van der Waals surface area contributed by atoms with Gasteiger partial charge in [0.05, 0.1) is 35.4 Å². The number of nitrogens with zero attached hydrogens (tertiary/aromatic N) is 4. The first-order valence-corrected chi connectivity index (χ1v) is 16.3. The molecule has 0 saturated heterocycles. The fourth-order valence-electron chi connectivity index (χ4n) is 3.56. The van der Waals surface area contributed by atoms with E-state index in [1.807, 2.05) is 25.7 Å². The van der Waals surface area contributed by atoms with Crippen molar-refractivity contribution < 1.29 is 29.7 Å². The molecule has 3 unspecified atom stereocenters.